The highest BCUT2D eigenvalue weighted by Gasteiger charge is 2.27. The maximum Gasteiger partial charge on any atom is 0.344 e. The summed E-state index contributed by atoms with van der Waals surface area (Å²) in [6.07, 6.45) is 1.11. The fourth-order valence-corrected chi connectivity index (χ4v) is 2.63. The fraction of sp³-hybridized carbons (Fsp3) is 0.300. The standard InChI is InChI=1S/C20H20ClNO4/c1-13(20(24)22-16-8-9-16)26-19(23)12-25-18-10-7-15(11-17(18)21)14-5-3-2-4-6-14/h2-7,10-11,13,16H,8-9,12H2,1H3,(H,22,24)/t13-/m0/s1. The average Bonchev–Trinajstić information content (AvgIpc) is 3.45. The van der Waals surface area contributed by atoms with Gasteiger partial charge >= 0.3 is 5.97 Å². The molecule has 0 unspecified atom stereocenters. The molecule has 2 aromatic carbocycles. The van der Waals surface area contributed by atoms with Crippen molar-refractivity contribution >= 4 is 23.5 Å². The first-order valence-electron chi connectivity index (χ1n) is 8.50. The zero-order chi connectivity index (χ0) is 18.5. The van der Waals surface area contributed by atoms with Gasteiger partial charge in [0, 0.05) is 6.04 Å². The number of amides is 1. The van der Waals surface area contributed by atoms with Crippen LogP contribution in [0.2, 0.25) is 5.02 Å². The number of benzene rings is 2. The van der Waals surface area contributed by atoms with Crippen molar-refractivity contribution in [3.05, 3.63) is 53.6 Å². The molecule has 0 aliphatic heterocycles. The van der Waals surface area contributed by atoms with E-state index in [-0.39, 0.29) is 18.6 Å². The molecule has 1 saturated carbocycles. The molecule has 6 heteroatoms. The molecule has 1 N–H and O–H groups in total. The molecule has 1 atom stereocenters. The molecular formula is C20H20ClNO4. The molecule has 1 amide bonds. The molecular weight excluding hydrogens is 354 g/mol. The molecule has 0 spiro atoms. The van der Waals surface area contributed by atoms with E-state index in [4.69, 9.17) is 21.1 Å². The Hall–Kier alpha value is -2.53. The maximum absolute atomic E-state index is 11.9. The largest absolute Gasteiger partial charge is 0.480 e. The molecule has 0 saturated heterocycles. The van der Waals surface area contributed by atoms with Gasteiger partial charge in [-0.05, 0) is 43.0 Å². The van der Waals surface area contributed by atoms with E-state index in [1.54, 1.807) is 12.1 Å². The van der Waals surface area contributed by atoms with Gasteiger partial charge in [-0.25, -0.2) is 4.79 Å². The van der Waals surface area contributed by atoms with Gasteiger partial charge in [-0.15, -0.1) is 0 Å². The lowest BCUT2D eigenvalue weighted by molar-refractivity contribution is -0.156. The van der Waals surface area contributed by atoms with Crippen molar-refractivity contribution < 1.29 is 19.1 Å². The molecule has 5 nitrogen and oxygen atoms in total. The van der Waals surface area contributed by atoms with Gasteiger partial charge in [-0.3, -0.25) is 4.79 Å². The Labute approximate surface area is 157 Å². The lowest BCUT2D eigenvalue weighted by atomic mass is 10.1. The summed E-state index contributed by atoms with van der Waals surface area (Å²) in [6, 6.07) is 15.4. The number of carbonyl (C=O) groups excluding carboxylic acids is 2. The van der Waals surface area contributed by atoms with E-state index in [2.05, 4.69) is 5.32 Å². The van der Waals surface area contributed by atoms with Crippen LogP contribution in [0.3, 0.4) is 0 Å². The molecule has 136 valence electrons. The van der Waals surface area contributed by atoms with Crippen molar-refractivity contribution in [1.82, 2.24) is 5.32 Å². The Balaban J connectivity index is 1.52. The van der Waals surface area contributed by atoms with Gasteiger partial charge in [-0.2, -0.15) is 0 Å². The smallest absolute Gasteiger partial charge is 0.344 e. The molecule has 0 aromatic heterocycles. The van der Waals surface area contributed by atoms with Gasteiger partial charge in [0.1, 0.15) is 5.75 Å². The third kappa shape index (κ3) is 4.99. The van der Waals surface area contributed by atoms with Crippen LogP contribution >= 0.6 is 11.6 Å². The highest BCUT2D eigenvalue weighted by Crippen LogP contribution is 2.30. The SMILES string of the molecule is C[C@H](OC(=O)COc1ccc(-c2ccccc2)cc1Cl)C(=O)NC1CC1. The Morgan fingerprint density at radius 3 is 2.54 bits per heavy atom. The summed E-state index contributed by atoms with van der Waals surface area (Å²) in [6.45, 7) is 1.22. The molecule has 1 aliphatic rings. The second-order valence-corrected chi connectivity index (χ2v) is 6.62. The van der Waals surface area contributed by atoms with Gasteiger partial charge in [0.2, 0.25) is 0 Å². The zero-order valence-electron chi connectivity index (χ0n) is 14.4. The Morgan fingerprint density at radius 1 is 1.15 bits per heavy atom. The third-order valence-electron chi connectivity index (χ3n) is 3.99. The minimum Gasteiger partial charge on any atom is -0.480 e. The highest BCUT2D eigenvalue weighted by atomic mass is 35.5. The van der Waals surface area contributed by atoms with E-state index < -0.39 is 12.1 Å². The van der Waals surface area contributed by atoms with Gasteiger partial charge in [0.05, 0.1) is 5.02 Å². The van der Waals surface area contributed by atoms with Crippen LogP contribution in [-0.4, -0.2) is 30.6 Å². The fourth-order valence-electron chi connectivity index (χ4n) is 2.40. The number of esters is 1. The summed E-state index contributed by atoms with van der Waals surface area (Å²) in [4.78, 5) is 23.6. The summed E-state index contributed by atoms with van der Waals surface area (Å²) in [7, 11) is 0. The van der Waals surface area contributed by atoms with Crippen LogP contribution < -0.4 is 10.1 Å². The number of nitrogens with one attached hydrogen (secondary N) is 1. The molecule has 3 rings (SSSR count). The quantitative estimate of drug-likeness (QED) is 0.753. The summed E-state index contributed by atoms with van der Waals surface area (Å²) in [5, 5.41) is 3.19. The van der Waals surface area contributed by atoms with Crippen molar-refractivity contribution in [2.45, 2.75) is 31.9 Å². The van der Waals surface area contributed by atoms with Crippen LogP contribution in [0.5, 0.6) is 5.75 Å². The number of rotatable bonds is 7. The zero-order valence-corrected chi connectivity index (χ0v) is 15.2. The predicted octanol–water partition coefficient (Wildman–Crippen LogP) is 3.60. The lowest BCUT2D eigenvalue weighted by Gasteiger charge is -2.14. The first-order chi connectivity index (χ1) is 12.5. The van der Waals surface area contributed by atoms with Crippen LogP contribution in [0.4, 0.5) is 0 Å². The number of carbonyl (C=O) groups is 2. The average molecular weight is 374 g/mol. The molecule has 2 aromatic rings. The van der Waals surface area contributed by atoms with Gasteiger partial charge in [0.15, 0.2) is 12.7 Å². The minimum atomic E-state index is -0.845. The van der Waals surface area contributed by atoms with Crippen LogP contribution in [-0.2, 0) is 14.3 Å². The van der Waals surface area contributed by atoms with Crippen molar-refractivity contribution in [2.24, 2.45) is 0 Å². The van der Waals surface area contributed by atoms with Crippen molar-refractivity contribution in [1.29, 1.82) is 0 Å². The van der Waals surface area contributed by atoms with Crippen LogP contribution in [0.25, 0.3) is 11.1 Å². The predicted molar refractivity (Wildman–Crippen MR) is 99.1 cm³/mol. The van der Waals surface area contributed by atoms with E-state index in [0.29, 0.717) is 10.8 Å². The topological polar surface area (TPSA) is 64.6 Å². The summed E-state index contributed by atoms with van der Waals surface area (Å²) in [5.41, 5.74) is 1.99. The van der Waals surface area contributed by atoms with E-state index in [1.807, 2.05) is 36.4 Å². The molecule has 1 fully saturated rings. The van der Waals surface area contributed by atoms with Crippen LogP contribution in [0, 0.1) is 0 Å². The monoisotopic (exact) mass is 373 g/mol. The number of halogens is 1. The molecule has 0 radical (unpaired) electrons. The molecule has 26 heavy (non-hydrogen) atoms. The van der Waals surface area contributed by atoms with Crippen molar-refractivity contribution in [2.75, 3.05) is 6.61 Å². The lowest BCUT2D eigenvalue weighted by Crippen LogP contribution is -2.37. The van der Waals surface area contributed by atoms with E-state index >= 15 is 0 Å². The number of hydrogen-bond donors (Lipinski definition) is 1. The normalized spacial score (nSPS) is 14.4. The molecule has 0 bridgehead atoms. The second-order valence-electron chi connectivity index (χ2n) is 6.21. The first-order valence-corrected chi connectivity index (χ1v) is 8.88. The Bertz CT molecular complexity index is 790. The van der Waals surface area contributed by atoms with Crippen LogP contribution in [0.1, 0.15) is 19.8 Å². The summed E-state index contributed by atoms with van der Waals surface area (Å²) in [5.74, 6) is -0.517. The van der Waals surface area contributed by atoms with Crippen molar-refractivity contribution in [3.8, 4) is 16.9 Å². The second kappa shape index (κ2) is 8.23. The van der Waals surface area contributed by atoms with Gasteiger partial charge in [0.25, 0.3) is 5.91 Å². The van der Waals surface area contributed by atoms with E-state index in [1.165, 1.54) is 6.92 Å². The van der Waals surface area contributed by atoms with E-state index in [0.717, 1.165) is 24.0 Å². The minimum absolute atomic E-state index is 0.224. The van der Waals surface area contributed by atoms with Crippen LogP contribution in [0.15, 0.2) is 48.5 Å². The van der Waals surface area contributed by atoms with Gasteiger partial charge < -0.3 is 14.8 Å². The number of hydrogen-bond acceptors (Lipinski definition) is 4. The molecule has 0 heterocycles. The Morgan fingerprint density at radius 2 is 1.88 bits per heavy atom. The number of ether oxygens (including phenoxy) is 2. The summed E-state index contributed by atoms with van der Waals surface area (Å²) >= 11 is 6.24. The first kappa shape index (κ1) is 18.3. The Kier molecular flexibility index (Phi) is 5.78. The van der Waals surface area contributed by atoms with E-state index in [9.17, 15) is 9.59 Å². The third-order valence-corrected chi connectivity index (χ3v) is 4.28. The van der Waals surface area contributed by atoms with Crippen molar-refractivity contribution in [3.63, 3.8) is 0 Å². The maximum atomic E-state index is 11.9. The molecule has 1 aliphatic carbocycles. The highest BCUT2D eigenvalue weighted by molar-refractivity contribution is 6.32. The summed E-state index contributed by atoms with van der Waals surface area (Å²) < 4.78 is 10.5. The van der Waals surface area contributed by atoms with Gasteiger partial charge in [-0.1, -0.05) is 48.0 Å².